The number of aliphatic hydroxyl groups is 1. The van der Waals surface area contributed by atoms with Gasteiger partial charge in [-0.3, -0.25) is 4.79 Å². The second-order valence-electron chi connectivity index (χ2n) is 13.6. The summed E-state index contributed by atoms with van der Waals surface area (Å²) in [7, 11) is 0. The smallest absolute Gasteiger partial charge is 0.359 e. The fourth-order valence-corrected chi connectivity index (χ4v) is 8.60. The second-order valence-corrected chi connectivity index (χ2v) is 13.6. The molecule has 1 spiro atoms. The van der Waals surface area contributed by atoms with Crippen molar-refractivity contribution >= 4 is 11.8 Å². The maximum absolute atomic E-state index is 14.8. The van der Waals surface area contributed by atoms with Gasteiger partial charge in [-0.1, -0.05) is 56.3 Å². The minimum absolute atomic E-state index is 0.0208. The summed E-state index contributed by atoms with van der Waals surface area (Å²) in [4.78, 5) is 28.6. The Morgan fingerprint density at radius 1 is 1.17 bits per heavy atom. The molecule has 1 aromatic heterocycles. The van der Waals surface area contributed by atoms with E-state index < -0.39 is 35.0 Å². The van der Waals surface area contributed by atoms with Crippen molar-refractivity contribution in [3.8, 4) is 5.69 Å². The fourth-order valence-electron chi connectivity index (χ4n) is 8.60. The highest BCUT2D eigenvalue weighted by molar-refractivity contribution is 5.96. The molecule has 2 heterocycles. The van der Waals surface area contributed by atoms with Crippen molar-refractivity contribution in [3.63, 3.8) is 0 Å². The number of hydrogen-bond donors (Lipinski definition) is 1. The molecule has 1 aromatic carbocycles. The van der Waals surface area contributed by atoms with Crippen LogP contribution >= 0.6 is 0 Å². The summed E-state index contributed by atoms with van der Waals surface area (Å²) in [5.74, 6) is -1.81. The lowest BCUT2D eigenvalue weighted by molar-refractivity contribution is -0.302. The molecule has 1 saturated heterocycles. The summed E-state index contributed by atoms with van der Waals surface area (Å²) in [5.41, 5.74) is -1.04. The van der Waals surface area contributed by atoms with E-state index in [-0.39, 0.29) is 41.3 Å². The molecule has 7 rings (SSSR count). The summed E-state index contributed by atoms with van der Waals surface area (Å²) in [6, 6.07) is 9.18. The Morgan fingerprint density at radius 2 is 1.90 bits per heavy atom. The van der Waals surface area contributed by atoms with E-state index in [4.69, 9.17) is 14.2 Å². The van der Waals surface area contributed by atoms with Crippen molar-refractivity contribution in [2.24, 2.45) is 34.5 Å². The lowest BCUT2D eigenvalue weighted by atomic mass is 9.59. The Bertz CT molecular complexity index is 1510. The van der Waals surface area contributed by atoms with E-state index in [1.807, 2.05) is 49.4 Å². The Balaban J connectivity index is 1.35. The molecule has 0 radical (unpaired) electrons. The molecule has 9 heteroatoms. The van der Waals surface area contributed by atoms with Crippen LogP contribution in [-0.4, -0.2) is 62.1 Å². The number of carbonyl (C=O) groups is 2. The fraction of sp³-hybridized carbons (Fsp3) is 0.562. The number of rotatable bonds is 3. The number of para-hydroxylation sites is 1. The van der Waals surface area contributed by atoms with E-state index in [0.717, 1.165) is 12.0 Å². The van der Waals surface area contributed by atoms with Gasteiger partial charge in [0.1, 0.15) is 6.10 Å². The molecule has 3 fully saturated rings. The van der Waals surface area contributed by atoms with Crippen LogP contribution in [0.1, 0.15) is 58.5 Å². The maximum atomic E-state index is 14.8. The SMILES string of the molecule is CC1=C[C@]23C(=O)[C@@H](C=C4COC(C)(C)O[C@H]4[C@]2(O)[C@H]1OC(=O)c1cnnn1-c1ccccc1)[C@@H]1[C@@H](C[C@H]3C)C1(C)C. The van der Waals surface area contributed by atoms with E-state index in [2.05, 4.69) is 31.1 Å². The van der Waals surface area contributed by atoms with E-state index >= 15 is 0 Å². The summed E-state index contributed by atoms with van der Waals surface area (Å²) in [6.45, 7) is 12.2. The molecule has 2 bridgehead atoms. The minimum atomic E-state index is -1.88. The molecular formula is C32H37N3O6. The normalized spacial score (nSPS) is 39.7. The monoisotopic (exact) mass is 559 g/mol. The highest BCUT2D eigenvalue weighted by Gasteiger charge is 2.77. The molecular weight excluding hydrogens is 522 g/mol. The third-order valence-corrected chi connectivity index (χ3v) is 10.7. The van der Waals surface area contributed by atoms with Crippen LogP contribution < -0.4 is 0 Å². The number of allylic oxidation sites excluding steroid dienone is 1. The lowest BCUT2D eigenvalue weighted by Gasteiger charge is -2.52. The summed E-state index contributed by atoms with van der Waals surface area (Å²) < 4.78 is 20.2. The first kappa shape index (κ1) is 26.7. The molecule has 1 aliphatic heterocycles. The molecule has 216 valence electrons. The average Bonchev–Trinajstić information content (AvgIpc) is 3.21. The molecule has 1 N–H and O–H groups in total. The second kappa shape index (κ2) is 8.46. The van der Waals surface area contributed by atoms with Crippen LogP contribution in [0.3, 0.4) is 0 Å². The molecule has 5 aliphatic rings. The van der Waals surface area contributed by atoms with Gasteiger partial charge in [-0.15, -0.1) is 5.10 Å². The highest BCUT2D eigenvalue weighted by atomic mass is 16.7. The molecule has 2 saturated carbocycles. The Morgan fingerprint density at radius 3 is 2.63 bits per heavy atom. The number of fused-ring (bicyclic) bond motifs is 5. The number of ether oxygens (including phenoxy) is 3. The van der Waals surface area contributed by atoms with Gasteiger partial charge in [0.2, 0.25) is 0 Å². The van der Waals surface area contributed by atoms with Gasteiger partial charge in [0.25, 0.3) is 0 Å². The van der Waals surface area contributed by atoms with Gasteiger partial charge in [0, 0.05) is 5.92 Å². The van der Waals surface area contributed by atoms with Gasteiger partial charge in [0.15, 0.2) is 29.0 Å². The largest absolute Gasteiger partial charge is 0.450 e. The van der Waals surface area contributed by atoms with Crippen LogP contribution in [0.25, 0.3) is 5.69 Å². The first-order chi connectivity index (χ1) is 19.3. The minimum Gasteiger partial charge on any atom is -0.450 e. The Labute approximate surface area is 239 Å². The third kappa shape index (κ3) is 3.46. The zero-order valence-corrected chi connectivity index (χ0v) is 24.3. The quantitative estimate of drug-likeness (QED) is 0.443. The van der Waals surface area contributed by atoms with Crippen LogP contribution in [0.15, 0.2) is 59.8 Å². The predicted molar refractivity (Wildman–Crippen MR) is 148 cm³/mol. The Hall–Kier alpha value is -3.14. The number of benzene rings is 1. The summed E-state index contributed by atoms with van der Waals surface area (Å²) in [5, 5.41) is 21.2. The maximum Gasteiger partial charge on any atom is 0.359 e. The van der Waals surface area contributed by atoms with Crippen molar-refractivity contribution in [2.75, 3.05) is 6.61 Å². The van der Waals surface area contributed by atoms with Gasteiger partial charge in [-0.05, 0) is 73.6 Å². The van der Waals surface area contributed by atoms with Crippen LogP contribution in [0.5, 0.6) is 0 Å². The average molecular weight is 560 g/mol. The van der Waals surface area contributed by atoms with Gasteiger partial charge < -0.3 is 19.3 Å². The van der Waals surface area contributed by atoms with E-state index in [1.54, 1.807) is 13.8 Å². The number of esters is 1. The lowest BCUT2D eigenvalue weighted by Crippen LogP contribution is -2.68. The van der Waals surface area contributed by atoms with E-state index in [0.29, 0.717) is 17.2 Å². The van der Waals surface area contributed by atoms with Crippen LogP contribution in [0.2, 0.25) is 0 Å². The van der Waals surface area contributed by atoms with Gasteiger partial charge in [-0.2, -0.15) is 0 Å². The number of hydrogen-bond acceptors (Lipinski definition) is 8. The first-order valence-corrected chi connectivity index (χ1v) is 14.5. The molecule has 41 heavy (non-hydrogen) atoms. The van der Waals surface area contributed by atoms with Crippen molar-refractivity contribution in [1.29, 1.82) is 0 Å². The van der Waals surface area contributed by atoms with E-state index in [9.17, 15) is 14.7 Å². The molecule has 2 aromatic rings. The van der Waals surface area contributed by atoms with E-state index in [1.165, 1.54) is 10.9 Å². The van der Waals surface area contributed by atoms with Crippen LogP contribution in [0.4, 0.5) is 0 Å². The Kier molecular flexibility index (Phi) is 5.52. The number of Topliss-reactive ketones (excluding diaryl/α,β-unsaturated/α-hetero) is 1. The topological polar surface area (TPSA) is 113 Å². The highest BCUT2D eigenvalue weighted by Crippen LogP contribution is 2.72. The molecule has 0 unspecified atom stereocenters. The molecule has 4 aliphatic carbocycles. The predicted octanol–water partition coefficient (Wildman–Crippen LogP) is 4.06. The molecule has 0 amide bonds. The van der Waals surface area contributed by atoms with Gasteiger partial charge >= 0.3 is 5.97 Å². The van der Waals surface area contributed by atoms with Crippen LogP contribution in [0, 0.1) is 34.5 Å². The number of nitrogens with zero attached hydrogens (tertiary/aromatic N) is 3. The van der Waals surface area contributed by atoms with Crippen LogP contribution in [-0.2, 0) is 19.0 Å². The number of carbonyl (C=O) groups excluding carboxylic acids is 2. The number of ketones is 1. The third-order valence-electron chi connectivity index (χ3n) is 10.7. The zero-order chi connectivity index (χ0) is 29.1. The van der Waals surface area contributed by atoms with Crippen molar-refractivity contribution in [2.45, 2.75) is 71.6 Å². The van der Waals surface area contributed by atoms with Crippen molar-refractivity contribution in [1.82, 2.24) is 15.0 Å². The van der Waals surface area contributed by atoms with Gasteiger partial charge in [0.05, 0.1) is 23.9 Å². The number of aromatic nitrogens is 3. The summed E-state index contributed by atoms with van der Waals surface area (Å²) in [6.07, 6.45) is 3.97. The zero-order valence-electron chi connectivity index (χ0n) is 24.3. The molecule has 9 nitrogen and oxygen atoms in total. The van der Waals surface area contributed by atoms with Gasteiger partial charge in [-0.25, -0.2) is 9.48 Å². The molecule has 8 atom stereocenters. The van der Waals surface area contributed by atoms with Crippen molar-refractivity contribution in [3.05, 3.63) is 65.5 Å². The summed E-state index contributed by atoms with van der Waals surface area (Å²) >= 11 is 0. The van der Waals surface area contributed by atoms with Crippen molar-refractivity contribution < 1.29 is 28.9 Å². The standard InChI is InChI=1S/C32H37N3O6/c1-17-14-31-18(2)12-22-24(29(22,3)4)21(25(31)36)13-19-16-39-30(5,6)41-27(19)32(31,38)26(17)40-28(37)23-15-33-34-35(23)20-10-8-7-9-11-20/h7-11,13-15,18,21-22,24,26-27,38H,12,16H2,1-6H3/t18-,21+,22-,24-,26+,27-,31+,32-/m1/s1. The first-order valence-electron chi connectivity index (χ1n) is 14.5.